The number of pyridine rings is 1. The van der Waals surface area contributed by atoms with Gasteiger partial charge in [-0.1, -0.05) is 17.7 Å². The molecule has 1 N–H and O–H groups in total. The topological polar surface area (TPSA) is 68.5 Å². The van der Waals surface area contributed by atoms with Gasteiger partial charge in [-0.2, -0.15) is 0 Å². The summed E-state index contributed by atoms with van der Waals surface area (Å²) in [6, 6.07) is 8.07. The largest absolute Gasteiger partial charge is 0.352 e. The van der Waals surface area contributed by atoms with Crippen molar-refractivity contribution in [1.82, 2.24) is 24.3 Å². The molecule has 0 aliphatic carbocycles. The van der Waals surface area contributed by atoms with Crippen molar-refractivity contribution in [3.8, 4) is 17.2 Å². The van der Waals surface area contributed by atoms with Crippen molar-refractivity contribution in [2.45, 2.75) is 13.5 Å². The molecule has 25 heavy (non-hydrogen) atoms. The van der Waals surface area contributed by atoms with E-state index in [0.29, 0.717) is 34.7 Å². The molecule has 4 rings (SSSR count). The van der Waals surface area contributed by atoms with Crippen molar-refractivity contribution in [3.05, 3.63) is 64.0 Å². The Morgan fingerprint density at radius 2 is 2.16 bits per heavy atom. The molecule has 4 aromatic rings. The van der Waals surface area contributed by atoms with E-state index in [1.54, 1.807) is 33.5 Å². The number of fused-ring (bicyclic) bond motifs is 1. The van der Waals surface area contributed by atoms with Crippen LogP contribution in [0.2, 0.25) is 5.02 Å². The average molecular weight is 358 g/mol. The van der Waals surface area contributed by atoms with Crippen LogP contribution < -0.4 is 5.56 Å². The minimum Gasteiger partial charge on any atom is -0.352 e. The van der Waals surface area contributed by atoms with Gasteiger partial charge in [-0.15, -0.1) is 10.2 Å². The summed E-state index contributed by atoms with van der Waals surface area (Å²) in [5.74, 6) is -0.0903. The molecule has 0 fully saturated rings. The second-order valence-electron chi connectivity index (χ2n) is 5.51. The lowest BCUT2D eigenvalue weighted by atomic mass is 10.2. The first-order valence-electron chi connectivity index (χ1n) is 7.67. The Kier molecular flexibility index (Phi) is 3.65. The van der Waals surface area contributed by atoms with E-state index in [0.717, 1.165) is 0 Å². The van der Waals surface area contributed by atoms with Gasteiger partial charge in [0.25, 0.3) is 5.56 Å². The van der Waals surface area contributed by atoms with E-state index in [1.807, 2.05) is 13.0 Å². The highest BCUT2D eigenvalue weighted by Crippen LogP contribution is 2.28. The summed E-state index contributed by atoms with van der Waals surface area (Å²) in [7, 11) is 0. The fourth-order valence-corrected chi connectivity index (χ4v) is 3.03. The molecular weight excluding hydrogens is 345 g/mol. The van der Waals surface area contributed by atoms with Crippen molar-refractivity contribution in [2.24, 2.45) is 0 Å². The van der Waals surface area contributed by atoms with Gasteiger partial charge in [0.1, 0.15) is 17.2 Å². The highest BCUT2D eigenvalue weighted by molar-refractivity contribution is 6.32. The summed E-state index contributed by atoms with van der Waals surface area (Å²) >= 11 is 6.07. The van der Waals surface area contributed by atoms with E-state index >= 15 is 0 Å². The minimum atomic E-state index is -0.527. The van der Waals surface area contributed by atoms with Gasteiger partial charge >= 0.3 is 0 Å². The number of hydrogen-bond donors (Lipinski definition) is 1. The van der Waals surface area contributed by atoms with Crippen LogP contribution in [0, 0.1) is 5.82 Å². The summed E-state index contributed by atoms with van der Waals surface area (Å²) < 4.78 is 17.0. The van der Waals surface area contributed by atoms with E-state index < -0.39 is 5.82 Å². The Balaban J connectivity index is 1.91. The molecule has 0 aliphatic rings. The number of H-pyrrole nitrogens is 1. The molecule has 0 aliphatic heterocycles. The third kappa shape index (κ3) is 2.44. The van der Waals surface area contributed by atoms with Gasteiger partial charge in [0, 0.05) is 12.7 Å². The molecule has 1 aromatic carbocycles. The van der Waals surface area contributed by atoms with E-state index in [4.69, 9.17) is 11.6 Å². The van der Waals surface area contributed by atoms with E-state index in [9.17, 15) is 9.18 Å². The third-order valence-corrected chi connectivity index (χ3v) is 4.45. The third-order valence-electron chi connectivity index (χ3n) is 4.08. The number of aryl methyl sites for hydroxylation is 1. The predicted octanol–water partition coefficient (Wildman–Crippen LogP) is 3.39. The summed E-state index contributed by atoms with van der Waals surface area (Å²) in [5, 5.41) is 8.53. The number of nitrogens with one attached hydrogen (secondary N) is 1. The van der Waals surface area contributed by atoms with Crippen LogP contribution in [0.4, 0.5) is 4.39 Å². The summed E-state index contributed by atoms with van der Waals surface area (Å²) in [4.78, 5) is 15.6. The SMILES string of the molecule is CCn1ccc2[nH]c(-c3nncn3-c3cccc(F)c3Cl)cc2c1=O. The van der Waals surface area contributed by atoms with Gasteiger partial charge < -0.3 is 9.55 Å². The molecule has 3 aromatic heterocycles. The molecule has 6 nitrogen and oxygen atoms in total. The molecule has 0 unspecified atom stereocenters. The quantitative estimate of drug-likeness (QED) is 0.611. The second-order valence-corrected chi connectivity index (χ2v) is 5.89. The molecular formula is C17H13ClFN5O. The van der Waals surface area contributed by atoms with Crippen LogP contribution in [-0.4, -0.2) is 24.3 Å². The lowest BCUT2D eigenvalue weighted by Gasteiger charge is -2.07. The van der Waals surface area contributed by atoms with Gasteiger partial charge in [-0.3, -0.25) is 9.36 Å². The van der Waals surface area contributed by atoms with Crippen LogP contribution >= 0.6 is 11.6 Å². The van der Waals surface area contributed by atoms with Crippen molar-refractivity contribution in [3.63, 3.8) is 0 Å². The standard InChI is InChI=1S/C17H13ClFN5O/c1-2-23-7-6-12-10(17(23)25)8-13(21-12)16-22-20-9-24(16)14-5-3-4-11(19)15(14)18/h3-9,21H,2H2,1H3. The van der Waals surface area contributed by atoms with Gasteiger partial charge in [-0.25, -0.2) is 4.39 Å². The van der Waals surface area contributed by atoms with Crippen LogP contribution in [0.3, 0.4) is 0 Å². The fraction of sp³-hybridized carbons (Fsp3) is 0.118. The maximum absolute atomic E-state index is 13.8. The zero-order valence-electron chi connectivity index (χ0n) is 13.2. The van der Waals surface area contributed by atoms with Crippen LogP contribution in [-0.2, 0) is 6.54 Å². The van der Waals surface area contributed by atoms with Crippen LogP contribution in [0.25, 0.3) is 28.1 Å². The maximum Gasteiger partial charge on any atom is 0.259 e. The van der Waals surface area contributed by atoms with E-state index in [2.05, 4.69) is 15.2 Å². The number of benzene rings is 1. The first kappa shape index (κ1) is 15.6. The molecule has 126 valence electrons. The monoisotopic (exact) mass is 357 g/mol. The smallest absolute Gasteiger partial charge is 0.259 e. The molecule has 0 saturated heterocycles. The lowest BCUT2D eigenvalue weighted by molar-refractivity contribution is 0.627. The Morgan fingerprint density at radius 1 is 1.32 bits per heavy atom. The Labute approximate surface area is 146 Å². The number of aromatic nitrogens is 5. The second kappa shape index (κ2) is 5.86. The highest BCUT2D eigenvalue weighted by Gasteiger charge is 2.16. The molecule has 3 heterocycles. The fourth-order valence-electron chi connectivity index (χ4n) is 2.81. The van der Waals surface area contributed by atoms with E-state index in [-0.39, 0.29) is 10.6 Å². The van der Waals surface area contributed by atoms with Gasteiger partial charge in [0.15, 0.2) is 5.82 Å². The van der Waals surface area contributed by atoms with Crippen LogP contribution in [0.1, 0.15) is 6.92 Å². The first-order chi connectivity index (χ1) is 12.1. The number of aromatic amines is 1. The molecule has 0 amide bonds. The van der Waals surface area contributed by atoms with E-state index in [1.165, 1.54) is 12.4 Å². The number of nitrogens with zero attached hydrogens (tertiary/aromatic N) is 4. The minimum absolute atomic E-state index is 0.0204. The Morgan fingerprint density at radius 3 is 2.96 bits per heavy atom. The first-order valence-corrected chi connectivity index (χ1v) is 8.05. The van der Waals surface area contributed by atoms with Crippen molar-refractivity contribution in [2.75, 3.05) is 0 Å². The molecule has 0 saturated carbocycles. The lowest BCUT2D eigenvalue weighted by Crippen LogP contribution is -2.17. The molecule has 0 atom stereocenters. The Bertz CT molecular complexity index is 1140. The van der Waals surface area contributed by atoms with Crippen molar-refractivity contribution < 1.29 is 4.39 Å². The summed E-state index contributed by atoms with van der Waals surface area (Å²) in [6.07, 6.45) is 3.19. The van der Waals surface area contributed by atoms with Crippen LogP contribution in [0.5, 0.6) is 0 Å². The highest BCUT2D eigenvalue weighted by atomic mass is 35.5. The van der Waals surface area contributed by atoms with Crippen molar-refractivity contribution in [1.29, 1.82) is 0 Å². The van der Waals surface area contributed by atoms with Gasteiger partial charge in [-0.05, 0) is 31.2 Å². The van der Waals surface area contributed by atoms with Gasteiger partial charge in [0.05, 0.1) is 22.3 Å². The normalized spacial score (nSPS) is 11.3. The van der Waals surface area contributed by atoms with Crippen LogP contribution in [0.15, 0.2) is 47.7 Å². The summed E-state index contributed by atoms with van der Waals surface area (Å²) in [5.41, 5.74) is 1.63. The number of halogens is 2. The molecule has 0 radical (unpaired) electrons. The summed E-state index contributed by atoms with van der Waals surface area (Å²) in [6.45, 7) is 2.49. The number of hydrogen-bond acceptors (Lipinski definition) is 3. The average Bonchev–Trinajstić information content (AvgIpc) is 3.24. The molecule has 0 spiro atoms. The van der Waals surface area contributed by atoms with Crippen molar-refractivity contribution >= 4 is 22.5 Å². The zero-order valence-corrected chi connectivity index (χ0v) is 14.0. The number of rotatable bonds is 3. The van der Waals surface area contributed by atoms with Gasteiger partial charge in [0.2, 0.25) is 0 Å². The molecule has 0 bridgehead atoms. The maximum atomic E-state index is 13.8. The zero-order chi connectivity index (χ0) is 17.6. The predicted molar refractivity (Wildman–Crippen MR) is 93.6 cm³/mol. The molecule has 8 heteroatoms. The Hall–Kier alpha value is -2.93.